The van der Waals surface area contributed by atoms with Crippen molar-refractivity contribution in [3.05, 3.63) is 48.3 Å². The van der Waals surface area contributed by atoms with Gasteiger partial charge < -0.3 is 24.3 Å². The van der Waals surface area contributed by atoms with E-state index in [1.54, 1.807) is 0 Å². The van der Waals surface area contributed by atoms with Gasteiger partial charge in [-0.25, -0.2) is 4.79 Å². The predicted octanol–water partition coefficient (Wildman–Crippen LogP) is 2.41. The van der Waals surface area contributed by atoms with Crippen molar-refractivity contribution in [2.24, 2.45) is 0 Å². The zero-order valence-electron chi connectivity index (χ0n) is 13.6. The summed E-state index contributed by atoms with van der Waals surface area (Å²) in [6.07, 6.45) is 1.89. The van der Waals surface area contributed by atoms with Gasteiger partial charge in [0, 0.05) is 25.0 Å². The number of benzene rings is 1. The number of aromatic nitrogens is 1. The van der Waals surface area contributed by atoms with Crippen LogP contribution in [-0.4, -0.2) is 41.3 Å². The van der Waals surface area contributed by atoms with Crippen LogP contribution >= 0.6 is 0 Å². The first kappa shape index (κ1) is 14.9. The molecule has 2 aliphatic rings. The number of para-hydroxylation sites is 2. The summed E-state index contributed by atoms with van der Waals surface area (Å²) in [7, 11) is 0. The van der Waals surface area contributed by atoms with E-state index >= 15 is 0 Å². The third-order valence-electron chi connectivity index (χ3n) is 4.65. The van der Waals surface area contributed by atoms with Gasteiger partial charge in [0.2, 0.25) is 0 Å². The molecule has 2 amide bonds. The molecule has 6 heteroatoms. The fourth-order valence-corrected chi connectivity index (χ4v) is 3.32. The standard InChI is InChI=1S/C18H21N3O3/c1-13-15-5-4-8-20(15)9-10-21(13)18(22)19-11-14-12-23-16-6-2-3-7-17(16)24-14/h2-8,13-14H,9-12H2,1H3,(H,19,22)/t13-,14+/m1/s1. The third-order valence-corrected chi connectivity index (χ3v) is 4.65. The largest absolute Gasteiger partial charge is 0.486 e. The number of hydrogen-bond acceptors (Lipinski definition) is 3. The van der Waals surface area contributed by atoms with Crippen LogP contribution in [0.1, 0.15) is 18.7 Å². The van der Waals surface area contributed by atoms with E-state index in [1.807, 2.05) is 35.2 Å². The molecule has 0 bridgehead atoms. The summed E-state index contributed by atoms with van der Waals surface area (Å²) in [5.41, 5.74) is 1.17. The molecule has 4 rings (SSSR count). The SMILES string of the molecule is C[C@@H]1c2cccn2CCN1C(=O)NC[C@H]1COc2ccccc2O1. The Morgan fingerprint density at radius 3 is 2.92 bits per heavy atom. The van der Waals surface area contributed by atoms with Gasteiger partial charge in [0.1, 0.15) is 6.61 Å². The smallest absolute Gasteiger partial charge is 0.318 e. The summed E-state index contributed by atoms with van der Waals surface area (Å²) in [6, 6.07) is 11.7. The number of amides is 2. The maximum absolute atomic E-state index is 12.5. The highest BCUT2D eigenvalue weighted by molar-refractivity contribution is 5.74. The van der Waals surface area contributed by atoms with Gasteiger partial charge in [0.05, 0.1) is 12.6 Å². The predicted molar refractivity (Wildman–Crippen MR) is 89.3 cm³/mol. The Labute approximate surface area is 141 Å². The second-order valence-electron chi connectivity index (χ2n) is 6.18. The lowest BCUT2D eigenvalue weighted by Crippen LogP contribution is -2.49. The zero-order valence-corrected chi connectivity index (χ0v) is 13.6. The maximum atomic E-state index is 12.5. The fraction of sp³-hybridized carbons (Fsp3) is 0.389. The monoisotopic (exact) mass is 327 g/mol. The number of nitrogens with zero attached hydrogens (tertiary/aromatic N) is 2. The van der Waals surface area contributed by atoms with Crippen molar-refractivity contribution in [2.75, 3.05) is 19.7 Å². The van der Waals surface area contributed by atoms with Gasteiger partial charge in [0.15, 0.2) is 17.6 Å². The minimum absolute atomic E-state index is 0.0580. The summed E-state index contributed by atoms with van der Waals surface area (Å²) in [6.45, 7) is 4.46. The van der Waals surface area contributed by atoms with Crippen molar-refractivity contribution < 1.29 is 14.3 Å². The molecule has 0 radical (unpaired) electrons. The molecule has 6 nitrogen and oxygen atoms in total. The van der Waals surface area contributed by atoms with E-state index in [9.17, 15) is 4.79 Å². The van der Waals surface area contributed by atoms with Gasteiger partial charge in [-0.05, 0) is 31.2 Å². The van der Waals surface area contributed by atoms with E-state index in [0.29, 0.717) is 19.7 Å². The molecule has 2 atom stereocenters. The summed E-state index contributed by atoms with van der Waals surface area (Å²) < 4.78 is 13.8. The van der Waals surface area contributed by atoms with Gasteiger partial charge in [0.25, 0.3) is 0 Å². The highest BCUT2D eigenvalue weighted by atomic mass is 16.6. The molecule has 1 aromatic carbocycles. The van der Waals surface area contributed by atoms with Crippen molar-refractivity contribution >= 4 is 6.03 Å². The molecule has 0 unspecified atom stereocenters. The molecule has 0 spiro atoms. The molecular formula is C18H21N3O3. The summed E-state index contributed by atoms with van der Waals surface area (Å²) in [5.74, 6) is 1.48. The maximum Gasteiger partial charge on any atom is 0.318 e. The van der Waals surface area contributed by atoms with Gasteiger partial charge >= 0.3 is 6.03 Å². The topological polar surface area (TPSA) is 55.7 Å². The Hall–Kier alpha value is -2.63. The molecule has 0 fully saturated rings. The van der Waals surface area contributed by atoms with Crippen LogP contribution < -0.4 is 14.8 Å². The Kier molecular flexibility index (Phi) is 3.80. The van der Waals surface area contributed by atoms with Gasteiger partial charge in [-0.15, -0.1) is 0 Å². The van der Waals surface area contributed by atoms with Crippen molar-refractivity contribution in [1.82, 2.24) is 14.8 Å². The lowest BCUT2D eigenvalue weighted by molar-refractivity contribution is 0.0884. The Bertz CT molecular complexity index is 743. The summed E-state index contributed by atoms with van der Waals surface area (Å²) >= 11 is 0. The van der Waals surface area contributed by atoms with Crippen LogP contribution in [0.2, 0.25) is 0 Å². The molecule has 126 valence electrons. The van der Waals surface area contributed by atoms with E-state index in [-0.39, 0.29) is 18.2 Å². The van der Waals surface area contributed by atoms with Crippen LogP contribution in [-0.2, 0) is 6.54 Å². The highest BCUT2D eigenvalue weighted by Crippen LogP contribution is 2.30. The first-order chi connectivity index (χ1) is 11.7. The van der Waals surface area contributed by atoms with Crippen LogP contribution in [0.15, 0.2) is 42.6 Å². The lowest BCUT2D eigenvalue weighted by atomic mass is 10.1. The summed E-state index contributed by atoms with van der Waals surface area (Å²) in [5, 5.41) is 2.98. The Morgan fingerprint density at radius 1 is 1.21 bits per heavy atom. The fourth-order valence-electron chi connectivity index (χ4n) is 3.32. The molecule has 3 heterocycles. The van der Waals surface area contributed by atoms with Crippen molar-refractivity contribution in [3.8, 4) is 11.5 Å². The zero-order chi connectivity index (χ0) is 16.5. The van der Waals surface area contributed by atoms with E-state index in [4.69, 9.17) is 9.47 Å². The van der Waals surface area contributed by atoms with E-state index in [2.05, 4.69) is 29.1 Å². The first-order valence-corrected chi connectivity index (χ1v) is 8.30. The van der Waals surface area contributed by atoms with Crippen LogP contribution in [0.5, 0.6) is 11.5 Å². The van der Waals surface area contributed by atoms with Gasteiger partial charge in [-0.3, -0.25) is 0 Å². The minimum Gasteiger partial charge on any atom is -0.486 e. The average molecular weight is 327 g/mol. The van der Waals surface area contributed by atoms with E-state index in [1.165, 1.54) is 5.69 Å². The summed E-state index contributed by atoms with van der Waals surface area (Å²) in [4.78, 5) is 14.4. The van der Waals surface area contributed by atoms with Gasteiger partial charge in [-0.1, -0.05) is 12.1 Å². The molecule has 0 saturated carbocycles. The van der Waals surface area contributed by atoms with Crippen molar-refractivity contribution in [3.63, 3.8) is 0 Å². The molecular weight excluding hydrogens is 306 g/mol. The van der Waals surface area contributed by atoms with Crippen LogP contribution in [0.25, 0.3) is 0 Å². The van der Waals surface area contributed by atoms with Crippen LogP contribution in [0.3, 0.4) is 0 Å². The van der Waals surface area contributed by atoms with E-state index < -0.39 is 0 Å². The quantitative estimate of drug-likeness (QED) is 0.921. The van der Waals surface area contributed by atoms with Crippen molar-refractivity contribution in [1.29, 1.82) is 0 Å². The number of hydrogen-bond donors (Lipinski definition) is 1. The molecule has 1 aromatic heterocycles. The number of fused-ring (bicyclic) bond motifs is 2. The molecule has 24 heavy (non-hydrogen) atoms. The molecule has 2 aliphatic heterocycles. The normalized spacial score (nSPS) is 22.0. The number of urea groups is 1. The van der Waals surface area contributed by atoms with E-state index in [0.717, 1.165) is 18.0 Å². The number of ether oxygens (including phenoxy) is 2. The Balaban J connectivity index is 1.35. The minimum atomic E-state index is -0.173. The molecule has 2 aromatic rings. The Morgan fingerprint density at radius 2 is 2.04 bits per heavy atom. The third kappa shape index (κ3) is 2.68. The number of rotatable bonds is 2. The molecule has 1 N–H and O–H groups in total. The second kappa shape index (κ2) is 6.11. The number of carbonyl (C=O) groups excluding carboxylic acids is 1. The average Bonchev–Trinajstić information content (AvgIpc) is 3.09. The second-order valence-corrected chi connectivity index (χ2v) is 6.18. The molecule has 0 aliphatic carbocycles. The number of nitrogens with one attached hydrogen (secondary N) is 1. The number of carbonyl (C=O) groups is 1. The first-order valence-electron chi connectivity index (χ1n) is 8.30. The van der Waals surface area contributed by atoms with Gasteiger partial charge in [-0.2, -0.15) is 0 Å². The molecule has 0 saturated heterocycles. The highest BCUT2D eigenvalue weighted by Gasteiger charge is 2.28. The van der Waals surface area contributed by atoms with Crippen molar-refractivity contribution in [2.45, 2.75) is 25.6 Å². The lowest BCUT2D eigenvalue weighted by Gasteiger charge is -2.35. The van der Waals surface area contributed by atoms with Crippen LogP contribution in [0, 0.1) is 0 Å². The van der Waals surface area contributed by atoms with Crippen LogP contribution in [0.4, 0.5) is 4.79 Å².